The molecule has 0 radical (unpaired) electrons. The second-order valence-corrected chi connectivity index (χ2v) is 4.39. The number of aryl methyl sites for hydroxylation is 1. The Kier molecular flexibility index (Phi) is 4.47. The van der Waals surface area contributed by atoms with E-state index < -0.39 is 11.5 Å². The summed E-state index contributed by atoms with van der Waals surface area (Å²) in [6, 6.07) is 0. The van der Waals surface area contributed by atoms with Crippen LogP contribution in [0.4, 0.5) is 5.82 Å². The van der Waals surface area contributed by atoms with Crippen LogP contribution in [0.3, 0.4) is 0 Å². The highest BCUT2D eigenvalue weighted by Crippen LogP contribution is 2.14. The summed E-state index contributed by atoms with van der Waals surface area (Å²) in [5, 5.41) is 11.9. The molecular weight excluding hydrogens is 234 g/mol. The summed E-state index contributed by atoms with van der Waals surface area (Å²) in [5.74, 6) is -0.921. The number of carbonyl (C=O) groups is 1. The molecule has 1 heterocycles. The van der Waals surface area contributed by atoms with Crippen molar-refractivity contribution < 1.29 is 9.90 Å². The zero-order valence-corrected chi connectivity index (χ0v) is 10.9. The Bertz CT molecular complexity index is 484. The Hall–Kier alpha value is -1.85. The number of nitrogens with one attached hydrogen (secondary N) is 1. The molecule has 0 fully saturated rings. The molecule has 0 saturated heterocycles. The molecule has 1 rings (SSSR count). The first-order valence-electron chi connectivity index (χ1n) is 6.01. The Labute approximate surface area is 106 Å². The average Bonchev–Trinajstić information content (AvgIpc) is 2.34. The minimum absolute atomic E-state index is 0.0812. The molecule has 0 spiro atoms. The third kappa shape index (κ3) is 2.88. The highest BCUT2D eigenvalue weighted by molar-refractivity contribution is 5.81. The second-order valence-electron chi connectivity index (χ2n) is 4.39. The van der Waals surface area contributed by atoms with Crippen molar-refractivity contribution in [3.63, 3.8) is 0 Å². The molecule has 0 aromatic carbocycles. The normalized spacial score (nSPS) is 13.9. The van der Waals surface area contributed by atoms with E-state index in [-0.39, 0.29) is 11.4 Å². The van der Waals surface area contributed by atoms with Crippen LogP contribution in [0.2, 0.25) is 0 Å². The van der Waals surface area contributed by atoms with Gasteiger partial charge in [-0.1, -0.05) is 13.8 Å². The largest absolute Gasteiger partial charge is 0.480 e. The summed E-state index contributed by atoms with van der Waals surface area (Å²) in [6.07, 6.45) is 4.28. The van der Waals surface area contributed by atoms with Crippen LogP contribution in [-0.2, 0) is 11.3 Å². The molecule has 18 heavy (non-hydrogen) atoms. The van der Waals surface area contributed by atoms with Gasteiger partial charge in [0.05, 0.1) is 0 Å². The highest BCUT2D eigenvalue weighted by atomic mass is 16.4. The number of hydrogen-bond acceptors (Lipinski definition) is 4. The second kappa shape index (κ2) is 5.66. The van der Waals surface area contributed by atoms with Crippen molar-refractivity contribution in [2.75, 3.05) is 5.32 Å². The quantitative estimate of drug-likeness (QED) is 0.798. The molecule has 0 amide bonds. The van der Waals surface area contributed by atoms with Gasteiger partial charge in [-0.25, -0.2) is 9.78 Å². The van der Waals surface area contributed by atoms with E-state index >= 15 is 0 Å². The van der Waals surface area contributed by atoms with Gasteiger partial charge in [-0.15, -0.1) is 0 Å². The number of hydrogen-bond donors (Lipinski definition) is 2. The summed E-state index contributed by atoms with van der Waals surface area (Å²) >= 11 is 0. The van der Waals surface area contributed by atoms with E-state index in [1.54, 1.807) is 13.1 Å². The predicted molar refractivity (Wildman–Crippen MR) is 68.7 cm³/mol. The van der Waals surface area contributed by atoms with E-state index in [2.05, 4.69) is 10.3 Å². The summed E-state index contributed by atoms with van der Waals surface area (Å²) < 4.78 is 1.52. The molecular formula is C12H19N3O3. The van der Waals surface area contributed by atoms with Crippen LogP contribution >= 0.6 is 0 Å². The molecule has 0 aliphatic rings. The number of carboxylic acid groups (broad SMARTS) is 1. The van der Waals surface area contributed by atoms with E-state index in [9.17, 15) is 9.59 Å². The molecule has 6 heteroatoms. The zero-order valence-electron chi connectivity index (χ0n) is 10.9. The maximum atomic E-state index is 12.0. The van der Waals surface area contributed by atoms with E-state index in [0.29, 0.717) is 13.0 Å². The molecule has 6 nitrogen and oxygen atoms in total. The monoisotopic (exact) mass is 253 g/mol. The van der Waals surface area contributed by atoms with Crippen LogP contribution in [0.15, 0.2) is 17.2 Å². The minimum atomic E-state index is -1.18. The van der Waals surface area contributed by atoms with Crippen molar-refractivity contribution in [2.24, 2.45) is 0 Å². The molecule has 1 aromatic heterocycles. The average molecular weight is 253 g/mol. The van der Waals surface area contributed by atoms with Crippen LogP contribution in [0.25, 0.3) is 0 Å². The lowest BCUT2D eigenvalue weighted by Gasteiger charge is -2.24. The zero-order chi connectivity index (χ0) is 13.8. The van der Waals surface area contributed by atoms with Crippen molar-refractivity contribution in [1.82, 2.24) is 9.55 Å². The first-order chi connectivity index (χ1) is 8.44. The summed E-state index contributed by atoms with van der Waals surface area (Å²) in [6.45, 7) is 5.83. The maximum Gasteiger partial charge on any atom is 0.329 e. The van der Waals surface area contributed by atoms with Gasteiger partial charge in [0.2, 0.25) is 0 Å². The SMILES string of the molecule is CCCn1ccnc(NC(C)(CC)C(=O)O)c1=O. The van der Waals surface area contributed by atoms with Crippen molar-refractivity contribution >= 4 is 11.8 Å². The Balaban J connectivity index is 3.08. The number of rotatable bonds is 6. The van der Waals surface area contributed by atoms with Gasteiger partial charge >= 0.3 is 5.97 Å². The number of aliphatic carboxylic acids is 1. The standard InChI is InChI=1S/C12H19N3O3/c1-4-7-15-8-6-13-9(10(15)16)14-12(3,5-2)11(17)18/h6,8H,4-5,7H2,1-3H3,(H,13,14)(H,17,18). The summed E-state index contributed by atoms with van der Waals surface area (Å²) in [7, 11) is 0. The van der Waals surface area contributed by atoms with E-state index in [1.165, 1.54) is 17.7 Å². The van der Waals surface area contributed by atoms with Gasteiger partial charge in [0.1, 0.15) is 5.54 Å². The van der Waals surface area contributed by atoms with Crippen LogP contribution in [0.1, 0.15) is 33.6 Å². The lowest BCUT2D eigenvalue weighted by Crippen LogP contribution is -2.45. The van der Waals surface area contributed by atoms with Crippen LogP contribution in [-0.4, -0.2) is 26.2 Å². The Morgan fingerprint density at radius 3 is 2.72 bits per heavy atom. The molecule has 0 bridgehead atoms. The number of aromatic nitrogens is 2. The third-order valence-corrected chi connectivity index (χ3v) is 2.95. The van der Waals surface area contributed by atoms with Crippen molar-refractivity contribution in [2.45, 2.75) is 45.7 Å². The lowest BCUT2D eigenvalue weighted by atomic mass is 9.99. The van der Waals surface area contributed by atoms with Gasteiger partial charge in [-0.05, 0) is 19.8 Å². The molecule has 0 aliphatic carbocycles. The predicted octanol–water partition coefficient (Wildman–Crippen LogP) is 1.32. The summed E-state index contributed by atoms with van der Waals surface area (Å²) in [5.41, 5.74) is -1.47. The fourth-order valence-electron chi connectivity index (χ4n) is 1.50. The van der Waals surface area contributed by atoms with Gasteiger partial charge in [-0.2, -0.15) is 0 Å². The lowest BCUT2D eigenvalue weighted by molar-refractivity contribution is -0.141. The third-order valence-electron chi connectivity index (χ3n) is 2.95. The first kappa shape index (κ1) is 14.2. The van der Waals surface area contributed by atoms with E-state index in [0.717, 1.165) is 6.42 Å². The number of nitrogens with zero attached hydrogens (tertiary/aromatic N) is 2. The Morgan fingerprint density at radius 1 is 1.56 bits per heavy atom. The van der Waals surface area contributed by atoms with E-state index in [1.807, 2.05) is 6.92 Å². The molecule has 2 N–H and O–H groups in total. The van der Waals surface area contributed by atoms with Gasteiger partial charge in [0.25, 0.3) is 5.56 Å². The topological polar surface area (TPSA) is 84.2 Å². The van der Waals surface area contributed by atoms with Crippen molar-refractivity contribution in [3.05, 3.63) is 22.7 Å². The van der Waals surface area contributed by atoms with Gasteiger partial charge in [0, 0.05) is 18.9 Å². The van der Waals surface area contributed by atoms with Crippen LogP contribution in [0.5, 0.6) is 0 Å². The first-order valence-corrected chi connectivity index (χ1v) is 6.01. The van der Waals surface area contributed by atoms with Crippen molar-refractivity contribution in [1.29, 1.82) is 0 Å². The number of carboxylic acids is 1. The smallest absolute Gasteiger partial charge is 0.329 e. The molecule has 1 unspecified atom stereocenters. The van der Waals surface area contributed by atoms with E-state index in [4.69, 9.17) is 5.11 Å². The molecule has 1 aromatic rings. The highest BCUT2D eigenvalue weighted by Gasteiger charge is 2.32. The van der Waals surface area contributed by atoms with Gasteiger partial charge < -0.3 is 15.0 Å². The Morgan fingerprint density at radius 2 is 2.22 bits per heavy atom. The minimum Gasteiger partial charge on any atom is -0.480 e. The summed E-state index contributed by atoms with van der Waals surface area (Å²) in [4.78, 5) is 27.1. The molecule has 0 aliphatic heterocycles. The molecule has 0 saturated carbocycles. The van der Waals surface area contributed by atoms with Gasteiger partial charge in [0.15, 0.2) is 5.82 Å². The molecule has 100 valence electrons. The van der Waals surface area contributed by atoms with Crippen LogP contribution in [0, 0.1) is 0 Å². The van der Waals surface area contributed by atoms with Crippen LogP contribution < -0.4 is 10.9 Å². The molecule has 1 atom stereocenters. The fourth-order valence-corrected chi connectivity index (χ4v) is 1.50. The number of anilines is 1. The maximum absolute atomic E-state index is 12.0. The van der Waals surface area contributed by atoms with Gasteiger partial charge in [-0.3, -0.25) is 4.79 Å². The van der Waals surface area contributed by atoms with Crippen molar-refractivity contribution in [3.8, 4) is 0 Å². The fraction of sp³-hybridized carbons (Fsp3) is 0.583.